The summed E-state index contributed by atoms with van der Waals surface area (Å²) >= 11 is 0. The van der Waals surface area contributed by atoms with Crippen LogP contribution in [0.1, 0.15) is 13.8 Å². The van der Waals surface area contributed by atoms with E-state index in [-0.39, 0.29) is 6.10 Å². The van der Waals surface area contributed by atoms with Gasteiger partial charge in [0, 0.05) is 49.9 Å². The first-order valence-electron chi connectivity index (χ1n) is 9.14. The molecule has 3 heterocycles. The van der Waals surface area contributed by atoms with Crippen LogP contribution in [0.4, 0.5) is 5.82 Å². The summed E-state index contributed by atoms with van der Waals surface area (Å²) in [6.07, 6.45) is 3.91. The van der Waals surface area contributed by atoms with Crippen molar-refractivity contribution in [2.75, 3.05) is 38.1 Å². The zero-order chi connectivity index (χ0) is 18.1. The third-order valence-corrected chi connectivity index (χ3v) is 4.72. The first-order chi connectivity index (χ1) is 12.6. The zero-order valence-corrected chi connectivity index (χ0v) is 15.6. The van der Waals surface area contributed by atoms with Crippen molar-refractivity contribution in [3.8, 4) is 11.4 Å². The molecule has 0 saturated carbocycles. The largest absolute Gasteiger partial charge is 0.491 e. The maximum absolute atomic E-state index is 5.85. The first kappa shape index (κ1) is 16.8. The Bertz CT molecular complexity index is 896. The Kier molecular flexibility index (Phi) is 4.51. The highest BCUT2D eigenvalue weighted by Crippen LogP contribution is 2.25. The van der Waals surface area contributed by atoms with Crippen LogP contribution in [-0.4, -0.2) is 59.0 Å². The molecule has 1 aliphatic heterocycles. The van der Waals surface area contributed by atoms with Gasteiger partial charge in [-0.05, 0) is 39.1 Å². The number of aromatic nitrogens is 3. The third kappa shape index (κ3) is 3.37. The molecule has 0 atom stereocenters. The number of rotatable bonds is 4. The van der Waals surface area contributed by atoms with Crippen LogP contribution in [-0.2, 0) is 0 Å². The molecule has 0 unspecified atom stereocenters. The van der Waals surface area contributed by atoms with E-state index in [0.29, 0.717) is 0 Å². The molecule has 0 aliphatic carbocycles. The molecule has 136 valence electrons. The monoisotopic (exact) mass is 351 g/mol. The van der Waals surface area contributed by atoms with Crippen molar-refractivity contribution in [2.24, 2.45) is 0 Å². The molecule has 1 fully saturated rings. The van der Waals surface area contributed by atoms with Crippen LogP contribution >= 0.6 is 0 Å². The van der Waals surface area contributed by atoms with Gasteiger partial charge in [0.15, 0.2) is 0 Å². The van der Waals surface area contributed by atoms with E-state index < -0.39 is 0 Å². The molecule has 4 rings (SSSR count). The topological polar surface area (TPSA) is 46.4 Å². The normalized spacial score (nSPS) is 15.8. The highest BCUT2D eigenvalue weighted by Gasteiger charge is 2.16. The maximum atomic E-state index is 5.85. The highest BCUT2D eigenvalue weighted by atomic mass is 16.5. The SMILES string of the molecule is CC(C)Oc1ccc2cnn(-c3ccnc(N4CCN(C)CC4)c3)c2c1. The fourth-order valence-corrected chi connectivity index (χ4v) is 3.30. The van der Waals surface area contributed by atoms with E-state index in [9.17, 15) is 0 Å². The predicted molar refractivity (Wildman–Crippen MR) is 104 cm³/mol. The average molecular weight is 351 g/mol. The summed E-state index contributed by atoms with van der Waals surface area (Å²) in [5.41, 5.74) is 2.06. The molecule has 6 nitrogen and oxygen atoms in total. The second-order valence-corrected chi connectivity index (χ2v) is 7.11. The average Bonchev–Trinajstić information content (AvgIpc) is 3.05. The lowest BCUT2D eigenvalue weighted by Gasteiger charge is -2.33. The Morgan fingerprint density at radius 1 is 1.04 bits per heavy atom. The number of hydrogen-bond acceptors (Lipinski definition) is 5. The number of likely N-dealkylation sites (N-methyl/N-ethyl adjacent to an activating group) is 1. The Hall–Kier alpha value is -2.60. The molecule has 1 aromatic carbocycles. The van der Waals surface area contributed by atoms with Crippen LogP contribution in [0.2, 0.25) is 0 Å². The van der Waals surface area contributed by atoms with Gasteiger partial charge < -0.3 is 14.5 Å². The van der Waals surface area contributed by atoms with E-state index in [1.54, 1.807) is 0 Å². The van der Waals surface area contributed by atoms with Gasteiger partial charge in [-0.15, -0.1) is 0 Å². The van der Waals surface area contributed by atoms with Gasteiger partial charge in [-0.3, -0.25) is 0 Å². The zero-order valence-electron chi connectivity index (χ0n) is 15.6. The number of anilines is 1. The van der Waals surface area contributed by atoms with Crippen molar-refractivity contribution in [3.63, 3.8) is 0 Å². The minimum Gasteiger partial charge on any atom is -0.491 e. The lowest BCUT2D eigenvalue weighted by Crippen LogP contribution is -2.44. The number of ether oxygens (including phenoxy) is 1. The second-order valence-electron chi connectivity index (χ2n) is 7.11. The van der Waals surface area contributed by atoms with Gasteiger partial charge in [0.1, 0.15) is 11.6 Å². The second kappa shape index (κ2) is 6.96. The molecule has 6 heteroatoms. The number of nitrogens with zero attached hydrogens (tertiary/aromatic N) is 5. The minimum atomic E-state index is 0.147. The molecule has 1 aliphatic rings. The van der Waals surface area contributed by atoms with Crippen LogP contribution in [0, 0.1) is 0 Å². The number of pyridine rings is 1. The van der Waals surface area contributed by atoms with E-state index in [2.05, 4.69) is 45.1 Å². The fraction of sp³-hybridized carbons (Fsp3) is 0.400. The summed E-state index contributed by atoms with van der Waals surface area (Å²) in [5.74, 6) is 1.87. The van der Waals surface area contributed by atoms with E-state index >= 15 is 0 Å². The molecule has 0 N–H and O–H groups in total. The maximum Gasteiger partial charge on any atom is 0.130 e. The van der Waals surface area contributed by atoms with Crippen molar-refractivity contribution in [2.45, 2.75) is 20.0 Å². The van der Waals surface area contributed by atoms with Crippen LogP contribution < -0.4 is 9.64 Å². The third-order valence-electron chi connectivity index (χ3n) is 4.72. The number of hydrogen-bond donors (Lipinski definition) is 0. The molecule has 26 heavy (non-hydrogen) atoms. The van der Waals surface area contributed by atoms with E-state index in [0.717, 1.165) is 54.3 Å². The van der Waals surface area contributed by atoms with Crippen molar-refractivity contribution >= 4 is 16.7 Å². The molecular formula is C20H25N5O. The number of benzene rings is 1. The van der Waals surface area contributed by atoms with Crippen molar-refractivity contribution in [1.82, 2.24) is 19.7 Å². The Labute approximate surface area is 154 Å². The molecule has 1 saturated heterocycles. The minimum absolute atomic E-state index is 0.147. The van der Waals surface area contributed by atoms with Crippen LogP contribution in [0.3, 0.4) is 0 Å². The first-order valence-corrected chi connectivity index (χ1v) is 9.14. The lowest BCUT2D eigenvalue weighted by molar-refractivity contribution is 0.242. The molecule has 2 aromatic heterocycles. The summed E-state index contributed by atoms with van der Waals surface area (Å²) in [6.45, 7) is 8.19. The van der Waals surface area contributed by atoms with Crippen LogP contribution in [0.15, 0.2) is 42.7 Å². The summed E-state index contributed by atoms with van der Waals surface area (Å²) < 4.78 is 7.81. The fourth-order valence-electron chi connectivity index (χ4n) is 3.30. The smallest absolute Gasteiger partial charge is 0.130 e. The molecule has 0 spiro atoms. The van der Waals surface area contributed by atoms with E-state index in [1.165, 1.54) is 0 Å². The van der Waals surface area contributed by atoms with Gasteiger partial charge in [-0.2, -0.15) is 5.10 Å². The molecule has 0 amide bonds. The van der Waals surface area contributed by atoms with Gasteiger partial charge in [-0.25, -0.2) is 9.67 Å². The Balaban J connectivity index is 1.68. The quantitative estimate of drug-likeness (QED) is 0.723. The Morgan fingerprint density at radius 3 is 2.62 bits per heavy atom. The molecule has 0 radical (unpaired) electrons. The standard InChI is InChI=1S/C20H25N5O/c1-15(2)26-18-5-4-16-14-22-25(19(16)13-18)17-6-7-21-20(12-17)24-10-8-23(3)9-11-24/h4-7,12-15H,8-11H2,1-3H3. The van der Waals surface area contributed by atoms with Crippen molar-refractivity contribution in [3.05, 3.63) is 42.7 Å². The molecule has 3 aromatic rings. The van der Waals surface area contributed by atoms with Crippen LogP contribution in [0.5, 0.6) is 5.75 Å². The number of piperazine rings is 1. The predicted octanol–water partition coefficient (Wildman–Crippen LogP) is 2.96. The molecule has 0 bridgehead atoms. The summed E-state index contributed by atoms with van der Waals surface area (Å²) in [5, 5.41) is 5.69. The van der Waals surface area contributed by atoms with Gasteiger partial charge in [0.25, 0.3) is 0 Å². The number of fused-ring (bicyclic) bond motifs is 1. The summed E-state index contributed by atoms with van der Waals surface area (Å²) in [4.78, 5) is 9.26. The van der Waals surface area contributed by atoms with E-state index in [1.807, 2.05) is 43.1 Å². The summed E-state index contributed by atoms with van der Waals surface area (Å²) in [6, 6.07) is 10.2. The van der Waals surface area contributed by atoms with E-state index in [4.69, 9.17) is 4.74 Å². The van der Waals surface area contributed by atoms with Gasteiger partial charge in [-0.1, -0.05) is 0 Å². The lowest BCUT2D eigenvalue weighted by atomic mass is 10.2. The molecular weight excluding hydrogens is 326 g/mol. The highest BCUT2D eigenvalue weighted by molar-refractivity contribution is 5.81. The van der Waals surface area contributed by atoms with Gasteiger partial charge in [0.2, 0.25) is 0 Å². The van der Waals surface area contributed by atoms with Crippen LogP contribution in [0.25, 0.3) is 16.6 Å². The Morgan fingerprint density at radius 2 is 1.85 bits per heavy atom. The van der Waals surface area contributed by atoms with Crippen molar-refractivity contribution in [1.29, 1.82) is 0 Å². The summed E-state index contributed by atoms with van der Waals surface area (Å²) in [7, 11) is 2.16. The van der Waals surface area contributed by atoms with Crippen molar-refractivity contribution < 1.29 is 4.74 Å². The van der Waals surface area contributed by atoms with Gasteiger partial charge >= 0.3 is 0 Å². The van der Waals surface area contributed by atoms with Gasteiger partial charge in [0.05, 0.1) is 23.5 Å².